The summed E-state index contributed by atoms with van der Waals surface area (Å²) in [6.07, 6.45) is 4.43. The standard InChI is InChI=1S/C22H29FO5/c1-12-8-16-15-5-4-13-9-14(25)10-17(26)20(13,3)21(15,23)7-6-19(16,2)22(12,28)18(27)11-24/h9-10,12,15-16,24,26,28H,4-8,11H2,1-3H3/t12-,15+,16+,19+,20+,21-,22+/m1/s1. The summed E-state index contributed by atoms with van der Waals surface area (Å²) in [4.78, 5) is 24.4. The molecule has 0 radical (unpaired) electrons. The van der Waals surface area contributed by atoms with Crippen molar-refractivity contribution in [2.45, 2.75) is 64.1 Å². The maximum atomic E-state index is 16.8. The first-order valence-electron chi connectivity index (χ1n) is 10.2. The Morgan fingerprint density at radius 2 is 1.93 bits per heavy atom. The number of aliphatic hydroxyl groups excluding tert-OH is 2. The van der Waals surface area contributed by atoms with Crippen LogP contribution in [-0.4, -0.2) is 44.8 Å². The van der Waals surface area contributed by atoms with Gasteiger partial charge in [-0.25, -0.2) is 4.39 Å². The lowest BCUT2D eigenvalue weighted by Gasteiger charge is -2.61. The molecule has 154 valence electrons. The van der Waals surface area contributed by atoms with Gasteiger partial charge in [-0.05, 0) is 68.4 Å². The molecule has 4 aliphatic carbocycles. The summed E-state index contributed by atoms with van der Waals surface area (Å²) >= 11 is 0. The topological polar surface area (TPSA) is 94.8 Å². The van der Waals surface area contributed by atoms with Crippen LogP contribution in [0.2, 0.25) is 0 Å². The molecular formula is C22H29FO5. The van der Waals surface area contributed by atoms with E-state index in [2.05, 4.69) is 0 Å². The number of carbonyl (C=O) groups is 2. The molecule has 0 aromatic heterocycles. The summed E-state index contributed by atoms with van der Waals surface area (Å²) in [5, 5.41) is 31.5. The number of carbonyl (C=O) groups excluding carboxylic acids is 2. The van der Waals surface area contributed by atoms with Crippen LogP contribution < -0.4 is 0 Å². The third kappa shape index (κ3) is 1.98. The van der Waals surface area contributed by atoms with Crippen LogP contribution in [0.5, 0.6) is 0 Å². The van der Waals surface area contributed by atoms with Gasteiger partial charge in [0.1, 0.15) is 23.6 Å². The van der Waals surface area contributed by atoms with Crippen molar-refractivity contribution in [1.29, 1.82) is 0 Å². The van der Waals surface area contributed by atoms with E-state index >= 15 is 4.39 Å². The van der Waals surface area contributed by atoms with E-state index in [4.69, 9.17) is 0 Å². The van der Waals surface area contributed by atoms with Crippen molar-refractivity contribution in [2.75, 3.05) is 6.61 Å². The van der Waals surface area contributed by atoms with Crippen molar-refractivity contribution in [3.8, 4) is 0 Å². The van der Waals surface area contributed by atoms with Gasteiger partial charge in [-0.15, -0.1) is 0 Å². The van der Waals surface area contributed by atoms with E-state index in [1.54, 1.807) is 13.8 Å². The van der Waals surface area contributed by atoms with Crippen molar-refractivity contribution in [3.05, 3.63) is 23.5 Å². The molecule has 0 aliphatic heterocycles. The van der Waals surface area contributed by atoms with Crippen molar-refractivity contribution in [3.63, 3.8) is 0 Å². The predicted octanol–water partition coefficient (Wildman–Crippen LogP) is 2.81. The first kappa shape index (κ1) is 19.8. The molecule has 0 amide bonds. The van der Waals surface area contributed by atoms with Gasteiger partial charge in [0, 0.05) is 11.5 Å². The number of allylic oxidation sites excluding steroid dienone is 3. The second kappa shape index (κ2) is 5.76. The van der Waals surface area contributed by atoms with Crippen LogP contribution in [0.3, 0.4) is 0 Å². The number of ketones is 2. The number of rotatable bonds is 2. The van der Waals surface area contributed by atoms with E-state index in [1.807, 2.05) is 6.92 Å². The monoisotopic (exact) mass is 392 g/mol. The fourth-order valence-electron chi connectivity index (χ4n) is 7.27. The molecular weight excluding hydrogens is 363 g/mol. The molecule has 7 atom stereocenters. The van der Waals surface area contributed by atoms with Crippen LogP contribution >= 0.6 is 0 Å². The lowest BCUT2D eigenvalue weighted by Crippen LogP contribution is -2.64. The van der Waals surface area contributed by atoms with Crippen LogP contribution in [0, 0.1) is 28.6 Å². The average molecular weight is 392 g/mol. The van der Waals surface area contributed by atoms with Crippen LogP contribution in [0.25, 0.3) is 0 Å². The Morgan fingerprint density at radius 1 is 1.25 bits per heavy atom. The first-order valence-corrected chi connectivity index (χ1v) is 10.2. The van der Waals surface area contributed by atoms with E-state index in [-0.39, 0.29) is 36.2 Å². The Bertz CT molecular complexity index is 818. The van der Waals surface area contributed by atoms with Gasteiger partial charge in [0.25, 0.3) is 0 Å². The minimum atomic E-state index is -1.75. The minimum absolute atomic E-state index is 0.0817. The van der Waals surface area contributed by atoms with E-state index in [0.29, 0.717) is 24.8 Å². The van der Waals surface area contributed by atoms with Crippen LogP contribution in [0.15, 0.2) is 23.5 Å². The minimum Gasteiger partial charge on any atom is -0.511 e. The number of aliphatic hydroxyl groups is 3. The number of Topliss-reactive ketones (excluding diaryl/α,β-unsaturated/α-hetero) is 1. The summed E-state index contributed by atoms with van der Waals surface area (Å²) < 4.78 is 16.8. The highest BCUT2D eigenvalue weighted by molar-refractivity contribution is 6.01. The molecule has 3 N–H and O–H groups in total. The quantitative estimate of drug-likeness (QED) is 0.672. The highest BCUT2D eigenvalue weighted by Gasteiger charge is 2.73. The van der Waals surface area contributed by atoms with Crippen molar-refractivity contribution >= 4 is 11.6 Å². The van der Waals surface area contributed by atoms with Gasteiger partial charge in [0.15, 0.2) is 11.6 Å². The molecule has 0 aromatic rings. The number of hydrogen-bond donors (Lipinski definition) is 3. The second-order valence-corrected chi connectivity index (χ2v) is 9.74. The lowest BCUT2D eigenvalue weighted by atomic mass is 9.45. The van der Waals surface area contributed by atoms with Gasteiger partial charge in [-0.2, -0.15) is 0 Å². The van der Waals surface area contributed by atoms with Crippen LogP contribution in [0.4, 0.5) is 4.39 Å². The fourth-order valence-corrected chi connectivity index (χ4v) is 7.27. The zero-order valence-electron chi connectivity index (χ0n) is 16.7. The second-order valence-electron chi connectivity index (χ2n) is 9.74. The van der Waals surface area contributed by atoms with Gasteiger partial charge in [-0.1, -0.05) is 13.8 Å². The molecule has 4 rings (SSSR count). The Kier molecular flexibility index (Phi) is 4.07. The molecule has 6 heteroatoms. The molecule has 3 saturated carbocycles. The van der Waals surface area contributed by atoms with Crippen molar-refractivity contribution in [1.82, 2.24) is 0 Å². The molecule has 0 saturated heterocycles. The van der Waals surface area contributed by atoms with Gasteiger partial charge in [0.05, 0.1) is 5.41 Å². The highest BCUT2D eigenvalue weighted by Crippen LogP contribution is 2.71. The third-order valence-electron chi connectivity index (χ3n) is 8.97. The number of hydrogen-bond acceptors (Lipinski definition) is 5. The van der Waals surface area contributed by atoms with Gasteiger partial charge >= 0.3 is 0 Å². The molecule has 5 nitrogen and oxygen atoms in total. The van der Waals surface area contributed by atoms with E-state index < -0.39 is 40.4 Å². The van der Waals surface area contributed by atoms with E-state index in [9.17, 15) is 24.9 Å². The first-order chi connectivity index (χ1) is 13.0. The lowest BCUT2D eigenvalue weighted by molar-refractivity contribution is -0.186. The molecule has 28 heavy (non-hydrogen) atoms. The van der Waals surface area contributed by atoms with E-state index in [1.165, 1.54) is 6.08 Å². The van der Waals surface area contributed by atoms with E-state index in [0.717, 1.165) is 6.08 Å². The number of halogens is 1. The Hall–Kier alpha value is -1.53. The van der Waals surface area contributed by atoms with Crippen LogP contribution in [0.1, 0.15) is 52.9 Å². The number of alkyl halides is 1. The summed E-state index contributed by atoms with van der Waals surface area (Å²) in [5.74, 6) is -2.20. The van der Waals surface area contributed by atoms with Gasteiger partial charge in [-0.3, -0.25) is 9.59 Å². The third-order valence-corrected chi connectivity index (χ3v) is 8.97. The molecule has 0 spiro atoms. The summed E-state index contributed by atoms with van der Waals surface area (Å²) in [6.45, 7) is 4.59. The largest absolute Gasteiger partial charge is 0.511 e. The Labute approximate surface area is 164 Å². The van der Waals surface area contributed by atoms with Crippen molar-refractivity contribution in [2.24, 2.45) is 28.6 Å². The number of fused-ring (bicyclic) bond motifs is 5. The maximum Gasteiger partial charge on any atom is 0.190 e. The maximum absolute atomic E-state index is 16.8. The zero-order chi connectivity index (χ0) is 20.7. The Morgan fingerprint density at radius 3 is 2.57 bits per heavy atom. The Balaban J connectivity index is 1.81. The summed E-state index contributed by atoms with van der Waals surface area (Å²) in [5.41, 5.74) is -4.88. The summed E-state index contributed by atoms with van der Waals surface area (Å²) in [7, 11) is 0. The summed E-state index contributed by atoms with van der Waals surface area (Å²) in [6, 6.07) is 0. The van der Waals surface area contributed by atoms with Gasteiger partial charge < -0.3 is 15.3 Å². The van der Waals surface area contributed by atoms with Crippen molar-refractivity contribution < 1.29 is 29.3 Å². The normalized spacial score (nSPS) is 50.2. The molecule has 3 fully saturated rings. The molecule has 0 aromatic carbocycles. The zero-order valence-corrected chi connectivity index (χ0v) is 16.7. The highest BCUT2D eigenvalue weighted by atomic mass is 19.1. The van der Waals surface area contributed by atoms with Crippen LogP contribution in [-0.2, 0) is 9.59 Å². The smallest absolute Gasteiger partial charge is 0.190 e. The molecule has 0 unspecified atom stereocenters. The molecule has 0 bridgehead atoms. The molecule has 0 heterocycles. The predicted molar refractivity (Wildman–Crippen MR) is 100 cm³/mol. The van der Waals surface area contributed by atoms with Gasteiger partial charge in [0.2, 0.25) is 0 Å². The fraction of sp³-hybridized carbons (Fsp3) is 0.727. The average Bonchev–Trinajstić information content (AvgIpc) is 2.85. The molecule has 4 aliphatic rings. The SMILES string of the molecule is C[C@@H]1C[C@H]2[C@@H]3CCC4=CC(=O)C=C(O)[C@@]4(C)[C@@]3(F)CC[C@]2(C)[C@@]1(O)C(=O)CO.